The molecule has 4 nitrogen and oxygen atoms in total. The maximum absolute atomic E-state index is 12.9. The zero-order valence-corrected chi connectivity index (χ0v) is 15.3. The number of amides is 1. The van der Waals surface area contributed by atoms with Crippen LogP contribution in [0.5, 0.6) is 5.75 Å². The summed E-state index contributed by atoms with van der Waals surface area (Å²) in [5.74, 6) is 0.872. The molecule has 0 atom stereocenters. The van der Waals surface area contributed by atoms with Crippen LogP contribution in [0.15, 0.2) is 65.1 Å². The van der Waals surface area contributed by atoms with Gasteiger partial charge in [-0.2, -0.15) is 0 Å². The summed E-state index contributed by atoms with van der Waals surface area (Å²) in [4.78, 5) is 12.1. The molecule has 0 bridgehead atoms. The van der Waals surface area contributed by atoms with Gasteiger partial charge in [-0.25, -0.2) is 4.39 Å². The van der Waals surface area contributed by atoms with Crippen molar-refractivity contribution in [2.75, 3.05) is 0 Å². The molecule has 2 aromatic carbocycles. The smallest absolute Gasteiger partial charge is 0.287 e. The number of halogens is 2. The molecule has 0 unspecified atom stereocenters. The Balaban J connectivity index is 1.52. The lowest BCUT2D eigenvalue weighted by Crippen LogP contribution is -2.22. The highest BCUT2D eigenvalue weighted by atomic mass is 127. The first-order chi connectivity index (χ1) is 12.1. The molecule has 0 aliphatic heterocycles. The van der Waals surface area contributed by atoms with Gasteiger partial charge in [-0.3, -0.25) is 4.79 Å². The number of benzene rings is 2. The number of carbonyl (C=O) groups is 1. The topological polar surface area (TPSA) is 51.5 Å². The van der Waals surface area contributed by atoms with Crippen molar-refractivity contribution in [3.8, 4) is 5.75 Å². The van der Waals surface area contributed by atoms with Crippen molar-refractivity contribution in [2.24, 2.45) is 0 Å². The van der Waals surface area contributed by atoms with Gasteiger partial charge < -0.3 is 14.5 Å². The van der Waals surface area contributed by atoms with E-state index in [4.69, 9.17) is 9.15 Å². The molecule has 0 fully saturated rings. The second kappa shape index (κ2) is 8.15. The molecule has 6 heteroatoms. The zero-order chi connectivity index (χ0) is 17.6. The Morgan fingerprint density at radius 2 is 1.76 bits per heavy atom. The molecule has 0 saturated heterocycles. The molecule has 25 heavy (non-hydrogen) atoms. The first-order valence-electron chi connectivity index (χ1n) is 7.60. The Hall–Kier alpha value is -2.35. The second-order valence-corrected chi connectivity index (χ2v) is 6.56. The molecule has 3 rings (SSSR count). The maximum atomic E-state index is 12.9. The van der Waals surface area contributed by atoms with Gasteiger partial charge in [-0.15, -0.1) is 0 Å². The lowest BCUT2D eigenvalue weighted by Gasteiger charge is -2.05. The molecule has 3 aromatic rings. The molecule has 0 aliphatic carbocycles. The average Bonchev–Trinajstić information content (AvgIpc) is 3.10. The van der Waals surface area contributed by atoms with Gasteiger partial charge in [-0.1, -0.05) is 12.1 Å². The Kier molecular flexibility index (Phi) is 5.70. The van der Waals surface area contributed by atoms with Crippen molar-refractivity contribution in [3.05, 3.63) is 87.1 Å². The van der Waals surface area contributed by atoms with Crippen LogP contribution < -0.4 is 10.1 Å². The molecule has 0 spiro atoms. The Labute approximate surface area is 158 Å². The minimum Gasteiger partial charge on any atom is -0.486 e. The molecule has 1 aromatic heterocycles. The highest BCUT2D eigenvalue weighted by Crippen LogP contribution is 2.16. The lowest BCUT2D eigenvalue weighted by molar-refractivity contribution is 0.0919. The fourth-order valence-electron chi connectivity index (χ4n) is 2.13. The van der Waals surface area contributed by atoms with E-state index < -0.39 is 0 Å². The van der Waals surface area contributed by atoms with Gasteiger partial charge in [0.2, 0.25) is 0 Å². The van der Waals surface area contributed by atoms with E-state index in [1.807, 2.05) is 24.3 Å². The van der Waals surface area contributed by atoms with E-state index in [1.54, 1.807) is 24.3 Å². The van der Waals surface area contributed by atoms with E-state index in [0.29, 0.717) is 12.3 Å². The van der Waals surface area contributed by atoms with Crippen LogP contribution in [0.2, 0.25) is 0 Å². The Morgan fingerprint density at radius 3 is 2.48 bits per heavy atom. The molecular formula is C19H15FINO3. The van der Waals surface area contributed by atoms with Gasteiger partial charge in [0.25, 0.3) is 5.91 Å². The summed E-state index contributed by atoms with van der Waals surface area (Å²) < 4.78 is 25.1. The van der Waals surface area contributed by atoms with Gasteiger partial charge in [-0.05, 0) is 76.7 Å². The van der Waals surface area contributed by atoms with Crippen LogP contribution in [-0.2, 0) is 13.2 Å². The minimum atomic E-state index is -0.329. The summed E-state index contributed by atoms with van der Waals surface area (Å²) in [6.07, 6.45) is 0. The SMILES string of the molecule is O=C(NCc1ccc(F)cc1)c1ccc(COc2ccc(I)cc2)o1. The van der Waals surface area contributed by atoms with Crippen LogP contribution in [0.4, 0.5) is 4.39 Å². The molecular weight excluding hydrogens is 436 g/mol. The minimum absolute atomic E-state index is 0.211. The summed E-state index contributed by atoms with van der Waals surface area (Å²) in [5, 5.41) is 2.73. The van der Waals surface area contributed by atoms with Crippen LogP contribution in [-0.4, -0.2) is 5.91 Å². The van der Waals surface area contributed by atoms with Gasteiger partial charge >= 0.3 is 0 Å². The van der Waals surface area contributed by atoms with E-state index in [1.165, 1.54) is 12.1 Å². The van der Waals surface area contributed by atoms with Crippen molar-refractivity contribution >= 4 is 28.5 Å². The van der Waals surface area contributed by atoms with E-state index >= 15 is 0 Å². The van der Waals surface area contributed by atoms with Crippen LogP contribution in [0.1, 0.15) is 21.9 Å². The quantitative estimate of drug-likeness (QED) is 0.561. The molecule has 128 valence electrons. The zero-order valence-electron chi connectivity index (χ0n) is 13.2. The summed E-state index contributed by atoms with van der Waals surface area (Å²) >= 11 is 2.22. The van der Waals surface area contributed by atoms with E-state index in [0.717, 1.165) is 14.9 Å². The van der Waals surface area contributed by atoms with Gasteiger partial charge in [0.05, 0.1) is 0 Å². The fraction of sp³-hybridized carbons (Fsp3) is 0.105. The number of ether oxygens (including phenoxy) is 1. The molecule has 1 amide bonds. The number of furan rings is 1. The second-order valence-electron chi connectivity index (χ2n) is 5.32. The van der Waals surface area contributed by atoms with Gasteiger partial charge in [0.1, 0.15) is 23.9 Å². The summed E-state index contributed by atoms with van der Waals surface area (Å²) in [5.41, 5.74) is 0.809. The van der Waals surface area contributed by atoms with E-state index in [2.05, 4.69) is 27.9 Å². The number of rotatable bonds is 6. The van der Waals surface area contributed by atoms with Crippen molar-refractivity contribution in [1.29, 1.82) is 0 Å². The third kappa shape index (κ3) is 5.06. The fourth-order valence-corrected chi connectivity index (χ4v) is 2.49. The normalized spacial score (nSPS) is 10.5. The summed E-state index contributed by atoms with van der Waals surface area (Å²) in [6.45, 7) is 0.542. The largest absolute Gasteiger partial charge is 0.486 e. The number of hydrogen-bond donors (Lipinski definition) is 1. The predicted molar refractivity (Wildman–Crippen MR) is 99.8 cm³/mol. The lowest BCUT2D eigenvalue weighted by atomic mass is 10.2. The maximum Gasteiger partial charge on any atom is 0.287 e. The molecule has 0 aliphatic rings. The Bertz CT molecular complexity index is 844. The molecule has 0 saturated carbocycles. The number of nitrogens with one attached hydrogen (secondary N) is 1. The summed E-state index contributed by atoms with van der Waals surface area (Å²) in [6, 6.07) is 16.9. The number of hydrogen-bond acceptors (Lipinski definition) is 3. The third-order valence-electron chi connectivity index (χ3n) is 3.45. The third-order valence-corrected chi connectivity index (χ3v) is 4.17. The first-order valence-corrected chi connectivity index (χ1v) is 8.68. The first kappa shape index (κ1) is 17.5. The van der Waals surface area contributed by atoms with Gasteiger partial charge in [0, 0.05) is 10.1 Å². The highest BCUT2D eigenvalue weighted by molar-refractivity contribution is 14.1. The van der Waals surface area contributed by atoms with Crippen molar-refractivity contribution in [2.45, 2.75) is 13.2 Å². The van der Waals surface area contributed by atoms with E-state index in [9.17, 15) is 9.18 Å². The van der Waals surface area contributed by atoms with Crippen LogP contribution in [0.25, 0.3) is 0 Å². The molecule has 1 N–H and O–H groups in total. The summed E-state index contributed by atoms with van der Waals surface area (Å²) in [7, 11) is 0. The monoisotopic (exact) mass is 451 g/mol. The van der Waals surface area contributed by atoms with Crippen LogP contribution in [0.3, 0.4) is 0 Å². The van der Waals surface area contributed by atoms with Crippen LogP contribution in [0, 0.1) is 9.39 Å². The standard InChI is InChI=1S/C19H15FINO3/c20-14-3-1-13(2-4-14)11-22-19(23)18-10-9-17(25-18)12-24-16-7-5-15(21)6-8-16/h1-10H,11-12H2,(H,22,23). The van der Waals surface area contributed by atoms with Crippen molar-refractivity contribution < 1.29 is 18.3 Å². The number of carbonyl (C=O) groups excluding carboxylic acids is 1. The van der Waals surface area contributed by atoms with Crippen molar-refractivity contribution in [3.63, 3.8) is 0 Å². The van der Waals surface area contributed by atoms with Gasteiger partial charge in [0.15, 0.2) is 5.76 Å². The predicted octanol–water partition coefficient (Wildman–Crippen LogP) is 4.53. The highest BCUT2D eigenvalue weighted by Gasteiger charge is 2.11. The van der Waals surface area contributed by atoms with Crippen molar-refractivity contribution in [1.82, 2.24) is 5.32 Å². The van der Waals surface area contributed by atoms with E-state index in [-0.39, 0.29) is 24.1 Å². The average molecular weight is 451 g/mol. The van der Waals surface area contributed by atoms with Crippen LogP contribution >= 0.6 is 22.6 Å². The molecule has 1 heterocycles. The molecule has 0 radical (unpaired) electrons. The Morgan fingerprint density at radius 1 is 1.04 bits per heavy atom.